The van der Waals surface area contributed by atoms with E-state index in [1.807, 2.05) is 0 Å². The lowest BCUT2D eigenvalue weighted by atomic mass is 10.1. The summed E-state index contributed by atoms with van der Waals surface area (Å²) in [6.07, 6.45) is 0.898. The number of sulfone groups is 2. The number of rotatable bonds is 13. The molecule has 2 aromatic carbocycles. The third-order valence-corrected chi connectivity index (χ3v) is 11.0. The van der Waals surface area contributed by atoms with Crippen LogP contribution in [0.4, 0.5) is 11.4 Å². The SMILES string of the molecule is C=CS(=O)(=O)c1c(CCCOC)ccc2c1Oc1c(c(Cl)c3oc4c(S(=O)(=O)C=C)c(=NCCOCS(=O)(=O)O)ccc-4nc3c1Cl)N2. The van der Waals surface area contributed by atoms with Crippen LogP contribution in [-0.2, 0) is 45.7 Å². The van der Waals surface area contributed by atoms with E-state index >= 15 is 0 Å². The lowest BCUT2D eigenvalue weighted by molar-refractivity contribution is 0.178. The van der Waals surface area contributed by atoms with Gasteiger partial charge in [0.05, 0.1) is 24.2 Å². The number of nitrogens with one attached hydrogen (secondary N) is 1. The molecule has 3 aliphatic rings. The first-order valence-corrected chi connectivity index (χ1v) is 19.3. The zero-order chi connectivity index (χ0) is 35.0. The average Bonchev–Trinajstić information content (AvgIpc) is 3.04. The van der Waals surface area contributed by atoms with Crippen LogP contribution in [0.1, 0.15) is 12.0 Å². The molecule has 0 aromatic heterocycles. The van der Waals surface area contributed by atoms with Gasteiger partial charge in [0.2, 0.25) is 19.7 Å². The van der Waals surface area contributed by atoms with Crippen LogP contribution >= 0.6 is 23.2 Å². The largest absolute Gasteiger partial charge is 0.450 e. The maximum absolute atomic E-state index is 13.2. The number of methoxy groups -OCH3 is 1. The van der Waals surface area contributed by atoms with Gasteiger partial charge in [0, 0.05) is 24.5 Å². The Labute approximate surface area is 285 Å². The van der Waals surface area contributed by atoms with Crippen molar-refractivity contribution in [3.63, 3.8) is 0 Å². The molecule has 2 N–H and O–H groups in total. The number of aryl methyl sites for hydroxylation is 1. The molecule has 48 heavy (non-hydrogen) atoms. The van der Waals surface area contributed by atoms with Crippen molar-refractivity contribution in [1.29, 1.82) is 0 Å². The second-order valence-corrected chi connectivity index (χ2v) is 16.0. The normalized spacial score (nSPS) is 13.5. The summed E-state index contributed by atoms with van der Waals surface area (Å²) in [6, 6.07) is 6.01. The number of anilines is 2. The van der Waals surface area contributed by atoms with Crippen molar-refractivity contribution in [1.82, 2.24) is 4.98 Å². The Balaban J connectivity index is 1.68. The summed E-state index contributed by atoms with van der Waals surface area (Å²) in [7, 11) is -11.1. The molecule has 19 heteroatoms. The van der Waals surface area contributed by atoms with E-state index in [4.69, 9.17) is 46.4 Å². The molecule has 2 heterocycles. The molecule has 0 bridgehead atoms. The van der Waals surface area contributed by atoms with E-state index in [-0.39, 0.29) is 78.9 Å². The zero-order valence-electron chi connectivity index (χ0n) is 25.0. The molecule has 0 amide bonds. The van der Waals surface area contributed by atoms with Gasteiger partial charge >= 0.3 is 0 Å². The summed E-state index contributed by atoms with van der Waals surface area (Å²) in [4.78, 5) is 8.21. The van der Waals surface area contributed by atoms with Gasteiger partial charge in [0.25, 0.3) is 10.1 Å². The highest BCUT2D eigenvalue weighted by atomic mass is 35.5. The predicted octanol–water partition coefficient (Wildman–Crippen LogP) is 5.26. The number of hydrogen-bond acceptors (Lipinski definition) is 13. The molecule has 0 unspecified atom stereocenters. The van der Waals surface area contributed by atoms with Gasteiger partial charge in [-0.25, -0.2) is 21.8 Å². The van der Waals surface area contributed by atoms with Crippen LogP contribution in [0, 0.1) is 0 Å². The molecule has 0 atom stereocenters. The molecule has 5 rings (SSSR count). The van der Waals surface area contributed by atoms with Gasteiger partial charge in [-0.15, -0.1) is 0 Å². The van der Waals surface area contributed by atoms with Gasteiger partial charge in [-0.2, -0.15) is 8.42 Å². The fourth-order valence-electron chi connectivity index (χ4n) is 4.90. The van der Waals surface area contributed by atoms with Crippen LogP contribution in [-0.4, -0.2) is 67.6 Å². The van der Waals surface area contributed by atoms with E-state index < -0.39 is 40.6 Å². The second kappa shape index (κ2) is 13.8. The molecular formula is C29H27Cl2N3O11S3. The van der Waals surface area contributed by atoms with Crippen LogP contribution in [0.2, 0.25) is 10.0 Å². The van der Waals surface area contributed by atoms with E-state index in [0.29, 0.717) is 30.4 Å². The Morgan fingerprint density at radius 2 is 1.69 bits per heavy atom. The molecule has 0 fully saturated rings. The Morgan fingerprint density at radius 3 is 2.35 bits per heavy atom. The van der Waals surface area contributed by atoms with Gasteiger partial charge < -0.3 is 23.9 Å². The quantitative estimate of drug-likeness (QED) is 0.0895. The number of aromatic nitrogens is 1. The Bertz CT molecular complexity index is 2340. The van der Waals surface area contributed by atoms with Gasteiger partial charge in [-0.1, -0.05) is 42.4 Å². The fraction of sp³-hybridized carbons (Fsp3) is 0.241. The monoisotopic (exact) mass is 759 g/mol. The standard InChI is InChI=1S/C29H27Cl2N3O11S3/c1-4-46(35,36)28-16(7-6-13-42-3)8-9-17-24(28)44-26-20(30)23-27(21(31)22(26)33-17)45-25-18(34-23)10-11-19(29(25)47(37,38)5-2)32-12-14-43-15-48(39,40)41/h4-5,8-11,33H,1-2,6-7,12-15H2,3H3,(H,39,40,41). The molecule has 256 valence electrons. The number of ether oxygens (including phenoxy) is 3. The summed E-state index contributed by atoms with van der Waals surface area (Å²) in [5, 5.41) is 4.29. The van der Waals surface area contributed by atoms with Crippen molar-refractivity contribution >= 4 is 75.5 Å². The van der Waals surface area contributed by atoms with Crippen molar-refractivity contribution in [2.75, 3.05) is 38.1 Å². The summed E-state index contributed by atoms with van der Waals surface area (Å²) in [5.41, 5.74) is 0.703. The lowest BCUT2D eigenvalue weighted by Crippen LogP contribution is -2.18. The molecule has 0 saturated carbocycles. The molecule has 2 aromatic rings. The minimum atomic E-state index is -4.37. The summed E-state index contributed by atoms with van der Waals surface area (Å²) < 4.78 is 106. The molecule has 2 aliphatic heterocycles. The van der Waals surface area contributed by atoms with Crippen molar-refractivity contribution in [2.45, 2.75) is 22.6 Å². The summed E-state index contributed by atoms with van der Waals surface area (Å²) in [5.74, 6) is -1.28. The van der Waals surface area contributed by atoms with Crippen molar-refractivity contribution in [2.24, 2.45) is 4.99 Å². The highest BCUT2D eigenvalue weighted by Gasteiger charge is 2.34. The molecule has 1 aliphatic carbocycles. The van der Waals surface area contributed by atoms with E-state index in [1.165, 1.54) is 12.1 Å². The number of halogens is 2. The van der Waals surface area contributed by atoms with E-state index in [9.17, 15) is 25.3 Å². The fourth-order valence-corrected chi connectivity index (χ4v) is 7.86. The van der Waals surface area contributed by atoms with Gasteiger partial charge in [0.1, 0.15) is 36.7 Å². The first-order valence-electron chi connectivity index (χ1n) is 13.8. The predicted molar refractivity (Wildman–Crippen MR) is 178 cm³/mol. The smallest absolute Gasteiger partial charge is 0.289 e. The molecule has 14 nitrogen and oxygen atoms in total. The molecular weight excluding hydrogens is 733 g/mol. The first kappa shape index (κ1) is 35.7. The minimum absolute atomic E-state index is 0.0206. The van der Waals surface area contributed by atoms with Crippen LogP contribution in [0.25, 0.3) is 22.6 Å². The topological polar surface area (TPSA) is 201 Å². The maximum atomic E-state index is 13.2. The average molecular weight is 761 g/mol. The number of benzene rings is 3. The second-order valence-electron chi connectivity index (χ2n) is 10.2. The zero-order valence-corrected chi connectivity index (χ0v) is 29.0. The third kappa shape index (κ3) is 6.95. The molecule has 0 saturated heterocycles. The molecule has 0 radical (unpaired) electrons. The Kier molecular flexibility index (Phi) is 10.2. The van der Waals surface area contributed by atoms with Crippen molar-refractivity contribution in [3.8, 4) is 23.0 Å². The maximum Gasteiger partial charge on any atom is 0.289 e. The number of hydrogen-bond donors (Lipinski definition) is 2. The van der Waals surface area contributed by atoms with Crippen LogP contribution in [0.3, 0.4) is 0 Å². The number of fused-ring (bicyclic) bond motifs is 4. The van der Waals surface area contributed by atoms with E-state index in [2.05, 4.69) is 28.5 Å². The van der Waals surface area contributed by atoms with Crippen LogP contribution in [0.15, 0.2) is 67.4 Å². The highest BCUT2D eigenvalue weighted by molar-refractivity contribution is 7.94. The number of nitrogens with zero attached hydrogens (tertiary/aromatic N) is 2. The van der Waals surface area contributed by atoms with Gasteiger partial charge in [0.15, 0.2) is 28.8 Å². The molecule has 0 spiro atoms. The van der Waals surface area contributed by atoms with Gasteiger partial charge in [-0.05, 0) is 36.6 Å². The summed E-state index contributed by atoms with van der Waals surface area (Å²) >= 11 is 13.6. The van der Waals surface area contributed by atoms with Crippen molar-refractivity contribution < 1.29 is 48.4 Å². The van der Waals surface area contributed by atoms with Crippen LogP contribution < -0.4 is 15.4 Å². The Morgan fingerprint density at radius 1 is 0.979 bits per heavy atom. The lowest BCUT2D eigenvalue weighted by Gasteiger charge is -2.27. The third-order valence-electron chi connectivity index (χ3n) is 6.99. The first-order chi connectivity index (χ1) is 22.6. The van der Waals surface area contributed by atoms with E-state index in [0.717, 1.165) is 5.41 Å². The minimum Gasteiger partial charge on any atom is -0.450 e. The van der Waals surface area contributed by atoms with Crippen LogP contribution in [0.5, 0.6) is 11.5 Å². The Hall–Kier alpha value is -3.55. The highest BCUT2D eigenvalue weighted by Crippen LogP contribution is 2.55. The van der Waals surface area contributed by atoms with E-state index in [1.54, 1.807) is 19.2 Å². The van der Waals surface area contributed by atoms with Gasteiger partial charge in [-0.3, -0.25) is 9.55 Å². The summed E-state index contributed by atoms with van der Waals surface area (Å²) in [6.45, 7) is 6.81. The van der Waals surface area contributed by atoms with Crippen molar-refractivity contribution in [3.05, 3.63) is 69.2 Å².